The highest BCUT2D eigenvalue weighted by Gasteiger charge is 2.38. The van der Waals surface area contributed by atoms with E-state index in [2.05, 4.69) is 10.3 Å². The molecule has 23 heavy (non-hydrogen) atoms. The average Bonchev–Trinajstić information content (AvgIpc) is 2.55. The molecule has 4 nitrogen and oxygen atoms in total. The van der Waals surface area contributed by atoms with E-state index < -0.39 is 23.1 Å². The van der Waals surface area contributed by atoms with Crippen molar-refractivity contribution in [2.75, 3.05) is 7.11 Å². The van der Waals surface area contributed by atoms with Crippen LogP contribution in [0.5, 0.6) is 0 Å². The summed E-state index contributed by atoms with van der Waals surface area (Å²) in [5.41, 5.74) is -1.12. The Bertz CT molecular complexity index is 727. The molecule has 0 unspecified atom stereocenters. The molecule has 1 heterocycles. The summed E-state index contributed by atoms with van der Waals surface area (Å²) in [6.45, 7) is 1.54. The minimum atomic E-state index is -1.58. The Morgan fingerprint density at radius 2 is 2.13 bits per heavy atom. The molecule has 0 saturated heterocycles. The highest BCUT2D eigenvalue weighted by atomic mass is 35.5. The monoisotopic (exact) mass is 340 g/mol. The second-order valence-corrected chi connectivity index (χ2v) is 5.41. The van der Waals surface area contributed by atoms with Crippen molar-refractivity contribution < 1.29 is 18.3 Å². The van der Waals surface area contributed by atoms with Crippen LogP contribution in [0.15, 0.2) is 36.5 Å². The number of hydrogen-bond acceptors (Lipinski definition) is 4. The summed E-state index contributed by atoms with van der Waals surface area (Å²) < 4.78 is 32.4. The van der Waals surface area contributed by atoms with E-state index in [-0.39, 0.29) is 17.3 Å². The van der Waals surface area contributed by atoms with Gasteiger partial charge in [-0.2, -0.15) is 0 Å². The summed E-state index contributed by atoms with van der Waals surface area (Å²) in [7, 11) is 1.18. The standard InChI is InChI=1S/C16H15ClF2N2O2/c1-16(15(22)23-2,12-8-11(18)5-6-13(12)19)21-9-10-4-3-7-20-14(10)17/h3-8,21H,9H2,1-2H3/t16-/m1/s1. The number of methoxy groups -OCH3 is 1. The molecule has 1 atom stereocenters. The first kappa shape index (κ1) is 17.3. The lowest BCUT2D eigenvalue weighted by Crippen LogP contribution is -2.47. The number of carbonyl (C=O) groups excluding carboxylic acids is 1. The van der Waals surface area contributed by atoms with Crippen LogP contribution < -0.4 is 5.32 Å². The number of hydrogen-bond donors (Lipinski definition) is 1. The fraction of sp³-hybridized carbons (Fsp3) is 0.250. The fourth-order valence-corrected chi connectivity index (χ4v) is 2.37. The van der Waals surface area contributed by atoms with Gasteiger partial charge in [-0.25, -0.2) is 18.6 Å². The van der Waals surface area contributed by atoms with Gasteiger partial charge in [0.1, 0.15) is 22.3 Å². The van der Waals surface area contributed by atoms with Crippen LogP contribution in [0.4, 0.5) is 8.78 Å². The van der Waals surface area contributed by atoms with Gasteiger partial charge >= 0.3 is 5.97 Å². The zero-order valence-corrected chi connectivity index (χ0v) is 13.3. The zero-order valence-electron chi connectivity index (χ0n) is 12.6. The van der Waals surface area contributed by atoms with Crippen LogP contribution in [0.25, 0.3) is 0 Å². The molecule has 0 fully saturated rings. The third-order valence-corrected chi connectivity index (χ3v) is 3.87. The highest BCUT2D eigenvalue weighted by Crippen LogP contribution is 2.27. The Labute approximate surface area is 137 Å². The molecule has 0 spiro atoms. The van der Waals surface area contributed by atoms with Crippen molar-refractivity contribution in [2.45, 2.75) is 19.0 Å². The van der Waals surface area contributed by atoms with Crippen molar-refractivity contribution in [3.05, 3.63) is 64.4 Å². The van der Waals surface area contributed by atoms with Crippen molar-refractivity contribution in [1.29, 1.82) is 0 Å². The lowest BCUT2D eigenvalue weighted by Gasteiger charge is -2.29. The van der Waals surface area contributed by atoms with E-state index in [1.807, 2.05) is 0 Å². The van der Waals surface area contributed by atoms with Crippen LogP contribution in [0.2, 0.25) is 5.15 Å². The van der Waals surface area contributed by atoms with Gasteiger partial charge in [0, 0.05) is 23.9 Å². The second-order valence-electron chi connectivity index (χ2n) is 5.05. The molecule has 0 radical (unpaired) electrons. The van der Waals surface area contributed by atoms with E-state index in [0.717, 1.165) is 18.2 Å². The number of halogens is 3. The SMILES string of the molecule is COC(=O)[C@](C)(NCc1cccnc1Cl)c1cc(F)ccc1F. The molecule has 7 heteroatoms. The molecular formula is C16H15ClF2N2O2. The average molecular weight is 341 g/mol. The van der Waals surface area contributed by atoms with Gasteiger partial charge in [0.2, 0.25) is 0 Å². The molecule has 1 N–H and O–H groups in total. The smallest absolute Gasteiger partial charge is 0.330 e. The van der Waals surface area contributed by atoms with Crippen molar-refractivity contribution in [1.82, 2.24) is 10.3 Å². The van der Waals surface area contributed by atoms with Gasteiger partial charge < -0.3 is 4.74 Å². The molecule has 0 saturated carbocycles. The van der Waals surface area contributed by atoms with Crippen LogP contribution in [0.1, 0.15) is 18.1 Å². The first-order chi connectivity index (χ1) is 10.9. The van der Waals surface area contributed by atoms with Crippen molar-refractivity contribution in [3.8, 4) is 0 Å². The van der Waals surface area contributed by atoms with Gasteiger partial charge in [-0.05, 0) is 31.2 Å². The lowest BCUT2D eigenvalue weighted by molar-refractivity contribution is -0.148. The molecule has 0 aliphatic rings. The van der Waals surface area contributed by atoms with Crippen LogP contribution in [-0.4, -0.2) is 18.1 Å². The van der Waals surface area contributed by atoms with Crippen LogP contribution in [0, 0.1) is 11.6 Å². The summed E-state index contributed by atoms with van der Waals surface area (Å²) in [5, 5.41) is 3.14. The Morgan fingerprint density at radius 3 is 2.78 bits per heavy atom. The Morgan fingerprint density at radius 1 is 1.39 bits per heavy atom. The van der Waals surface area contributed by atoms with Gasteiger partial charge in [0.15, 0.2) is 0 Å². The van der Waals surface area contributed by atoms with Gasteiger partial charge in [-0.15, -0.1) is 0 Å². The first-order valence-electron chi connectivity index (χ1n) is 6.77. The maximum Gasteiger partial charge on any atom is 0.330 e. The number of rotatable bonds is 5. The van der Waals surface area contributed by atoms with Gasteiger partial charge in [-0.1, -0.05) is 17.7 Å². The number of pyridine rings is 1. The summed E-state index contributed by atoms with van der Waals surface area (Å²) in [6, 6.07) is 6.30. The lowest BCUT2D eigenvalue weighted by atomic mass is 9.91. The maximum absolute atomic E-state index is 14.1. The molecule has 1 aromatic heterocycles. The van der Waals surface area contributed by atoms with Crippen molar-refractivity contribution in [2.24, 2.45) is 0 Å². The molecular weight excluding hydrogens is 326 g/mol. The molecule has 2 rings (SSSR count). The highest BCUT2D eigenvalue weighted by molar-refractivity contribution is 6.30. The van der Waals surface area contributed by atoms with Gasteiger partial charge in [0.05, 0.1) is 7.11 Å². The number of benzene rings is 1. The molecule has 0 bridgehead atoms. The molecule has 0 amide bonds. The second kappa shape index (κ2) is 7.02. The van der Waals surface area contributed by atoms with E-state index in [0.29, 0.717) is 5.56 Å². The number of ether oxygens (including phenoxy) is 1. The van der Waals surface area contributed by atoms with E-state index in [1.54, 1.807) is 12.1 Å². The predicted molar refractivity (Wildman–Crippen MR) is 81.8 cm³/mol. The predicted octanol–water partition coefficient (Wildman–Crippen LogP) is 3.19. The van der Waals surface area contributed by atoms with Gasteiger partial charge in [0.25, 0.3) is 0 Å². The largest absolute Gasteiger partial charge is 0.467 e. The van der Waals surface area contributed by atoms with Crippen LogP contribution in [-0.2, 0) is 21.6 Å². The molecule has 2 aromatic rings. The number of aromatic nitrogens is 1. The topological polar surface area (TPSA) is 51.2 Å². The fourth-order valence-electron chi connectivity index (χ4n) is 2.19. The summed E-state index contributed by atoms with van der Waals surface area (Å²) in [4.78, 5) is 16.1. The van der Waals surface area contributed by atoms with E-state index >= 15 is 0 Å². The first-order valence-corrected chi connectivity index (χ1v) is 7.14. The summed E-state index contributed by atoms with van der Waals surface area (Å²) >= 11 is 5.97. The van der Waals surface area contributed by atoms with Crippen molar-refractivity contribution >= 4 is 17.6 Å². The van der Waals surface area contributed by atoms with E-state index in [4.69, 9.17) is 16.3 Å². The minimum absolute atomic E-state index is 0.119. The third kappa shape index (κ3) is 3.65. The molecule has 1 aromatic carbocycles. The van der Waals surface area contributed by atoms with E-state index in [9.17, 15) is 13.6 Å². The normalized spacial score (nSPS) is 13.4. The number of carbonyl (C=O) groups is 1. The van der Waals surface area contributed by atoms with Crippen LogP contribution in [0.3, 0.4) is 0 Å². The number of nitrogens with zero attached hydrogens (tertiary/aromatic N) is 1. The van der Waals surface area contributed by atoms with Gasteiger partial charge in [-0.3, -0.25) is 5.32 Å². The summed E-state index contributed by atoms with van der Waals surface area (Å²) in [5.74, 6) is -2.12. The Hall–Kier alpha value is -2.05. The minimum Gasteiger partial charge on any atom is -0.467 e. The Balaban J connectivity index is 2.38. The van der Waals surface area contributed by atoms with E-state index in [1.165, 1.54) is 20.2 Å². The number of nitrogens with one attached hydrogen (secondary N) is 1. The molecule has 0 aliphatic carbocycles. The van der Waals surface area contributed by atoms with Crippen molar-refractivity contribution in [3.63, 3.8) is 0 Å². The van der Waals surface area contributed by atoms with Crippen LogP contribution >= 0.6 is 11.6 Å². The molecule has 0 aliphatic heterocycles. The quantitative estimate of drug-likeness (QED) is 0.671. The Kier molecular flexibility index (Phi) is 5.28. The zero-order chi connectivity index (χ0) is 17.0. The maximum atomic E-state index is 14.1. The number of esters is 1. The summed E-state index contributed by atoms with van der Waals surface area (Å²) in [6.07, 6.45) is 1.53. The third-order valence-electron chi connectivity index (χ3n) is 3.53. The molecule has 122 valence electrons.